The van der Waals surface area contributed by atoms with Crippen molar-refractivity contribution in [3.8, 4) is 11.5 Å². The minimum absolute atomic E-state index is 0.0753. The predicted molar refractivity (Wildman–Crippen MR) is 176 cm³/mol. The van der Waals surface area contributed by atoms with Gasteiger partial charge >= 0.3 is 5.97 Å². The summed E-state index contributed by atoms with van der Waals surface area (Å²) in [5, 5.41) is 0. The van der Waals surface area contributed by atoms with Gasteiger partial charge in [0.05, 0.1) is 19.3 Å². The van der Waals surface area contributed by atoms with E-state index in [0.717, 1.165) is 36.3 Å². The number of carbonyl (C=O) groups is 1. The Morgan fingerprint density at radius 1 is 0.634 bits per heavy atom. The average Bonchev–Trinajstić information content (AvgIpc) is 2.98. The molecule has 41 heavy (non-hydrogen) atoms. The van der Waals surface area contributed by atoms with Crippen LogP contribution in [0.3, 0.4) is 0 Å². The molecular weight excluding hydrogens is 508 g/mol. The van der Waals surface area contributed by atoms with Crippen LogP contribution in [0.2, 0.25) is 0 Å². The molecule has 0 fully saturated rings. The quantitative estimate of drug-likeness (QED) is 0.0569. The maximum atomic E-state index is 12.1. The van der Waals surface area contributed by atoms with Crippen molar-refractivity contribution in [2.24, 2.45) is 0 Å². The van der Waals surface area contributed by atoms with Crippen molar-refractivity contribution < 1.29 is 19.0 Å². The Balaban J connectivity index is 2.46. The maximum absolute atomic E-state index is 12.1. The number of unbranched alkanes of at least 4 members (excludes halogenated alkanes) is 18. The van der Waals surface area contributed by atoms with Gasteiger partial charge in [-0.1, -0.05) is 142 Å². The highest BCUT2D eigenvalue weighted by Gasteiger charge is 2.08. The van der Waals surface area contributed by atoms with Crippen LogP contribution in [0.5, 0.6) is 11.5 Å². The third-order valence-corrected chi connectivity index (χ3v) is 7.78. The van der Waals surface area contributed by atoms with Crippen molar-refractivity contribution in [1.29, 1.82) is 0 Å². The lowest BCUT2D eigenvalue weighted by molar-refractivity contribution is -0.142. The van der Waals surface area contributed by atoms with E-state index >= 15 is 0 Å². The lowest BCUT2D eigenvalue weighted by Crippen LogP contribution is -2.11. The van der Waals surface area contributed by atoms with Crippen LogP contribution in [0, 0.1) is 0 Å². The van der Waals surface area contributed by atoms with Gasteiger partial charge in [-0.3, -0.25) is 0 Å². The number of hydrogen-bond donors (Lipinski definition) is 0. The third-order valence-electron chi connectivity index (χ3n) is 7.78. The van der Waals surface area contributed by atoms with Crippen LogP contribution in [0.4, 0.5) is 0 Å². The molecule has 0 aliphatic rings. The Morgan fingerprint density at radius 3 is 1.54 bits per heavy atom. The minimum Gasteiger partial charge on any atom is -0.490 e. The smallest absolute Gasteiger partial charge is 0.331 e. The summed E-state index contributed by atoms with van der Waals surface area (Å²) in [5.41, 5.74) is 0.912. The van der Waals surface area contributed by atoms with E-state index in [0.29, 0.717) is 13.2 Å². The topological polar surface area (TPSA) is 44.8 Å². The molecule has 0 bridgehead atoms. The van der Waals surface area contributed by atoms with Crippen LogP contribution in [-0.2, 0) is 9.53 Å². The fraction of sp³-hybridized carbons (Fsp3) is 0.757. The van der Waals surface area contributed by atoms with Gasteiger partial charge < -0.3 is 14.2 Å². The summed E-state index contributed by atoms with van der Waals surface area (Å²) in [4.78, 5) is 12.1. The highest BCUT2D eigenvalue weighted by molar-refractivity contribution is 5.87. The number of esters is 1. The average molecular weight is 573 g/mol. The van der Waals surface area contributed by atoms with Crippen LogP contribution in [0.1, 0.15) is 168 Å². The molecule has 0 aliphatic carbocycles. The van der Waals surface area contributed by atoms with E-state index in [9.17, 15) is 4.79 Å². The van der Waals surface area contributed by atoms with Gasteiger partial charge in [0.2, 0.25) is 0 Å². The highest BCUT2D eigenvalue weighted by atomic mass is 16.5. The summed E-state index contributed by atoms with van der Waals surface area (Å²) in [5.74, 6) is 1.26. The Labute approximate surface area is 254 Å². The number of carbonyl (C=O) groups excluding carboxylic acids is 1. The first-order chi connectivity index (χ1) is 20.1. The number of benzene rings is 1. The molecule has 0 saturated heterocycles. The summed E-state index contributed by atoms with van der Waals surface area (Å²) in [6.45, 7) is 9.86. The molecule has 0 heterocycles. The first kappa shape index (κ1) is 37.1. The van der Waals surface area contributed by atoms with Gasteiger partial charge in [0.15, 0.2) is 11.5 Å². The van der Waals surface area contributed by atoms with Crippen molar-refractivity contribution in [3.63, 3.8) is 0 Å². The second-order valence-electron chi connectivity index (χ2n) is 11.8. The number of ether oxygens (including phenoxy) is 3. The van der Waals surface area contributed by atoms with Gasteiger partial charge in [-0.25, -0.2) is 4.79 Å². The summed E-state index contributed by atoms with van der Waals surface area (Å²) in [6.07, 6.45) is 30.2. The molecule has 0 N–H and O–H groups in total. The molecule has 1 aromatic carbocycles. The molecule has 0 spiro atoms. The van der Waals surface area contributed by atoms with E-state index in [4.69, 9.17) is 14.2 Å². The molecule has 0 saturated carbocycles. The van der Waals surface area contributed by atoms with Crippen LogP contribution >= 0.6 is 0 Å². The molecule has 0 radical (unpaired) electrons. The Hall–Kier alpha value is -1.97. The molecule has 1 aromatic rings. The molecule has 236 valence electrons. The van der Waals surface area contributed by atoms with Gasteiger partial charge in [0.1, 0.15) is 0 Å². The molecule has 1 unspecified atom stereocenters. The van der Waals surface area contributed by atoms with Gasteiger partial charge in [0, 0.05) is 6.08 Å². The first-order valence-electron chi connectivity index (χ1n) is 17.4. The lowest BCUT2D eigenvalue weighted by Gasteiger charge is -2.14. The second kappa shape index (κ2) is 26.9. The molecule has 0 amide bonds. The van der Waals surface area contributed by atoms with E-state index < -0.39 is 0 Å². The van der Waals surface area contributed by atoms with E-state index in [2.05, 4.69) is 13.8 Å². The monoisotopic (exact) mass is 572 g/mol. The van der Waals surface area contributed by atoms with Crippen molar-refractivity contribution in [2.75, 3.05) is 13.2 Å². The summed E-state index contributed by atoms with van der Waals surface area (Å²) in [7, 11) is 0. The molecule has 1 rings (SSSR count). The standard InChI is InChI=1S/C37H64O4/c1-5-8-10-12-14-16-18-20-22-24-30-39-35-28-26-34(27-29-37(38)41-33(4)7-3)32-36(35)40-31-25-23-21-19-17-15-13-11-9-6-2/h26-29,32-33H,5-25,30-31H2,1-4H3. The zero-order chi connectivity index (χ0) is 29.8. The Bertz CT molecular complexity index is 772. The summed E-state index contributed by atoms with van der Waals surface area (Å²) < 4.78 is 17.7. The SMILES string of the molecule is CCCCCCCCCCCCOc1ccc(C=CC(=O)OC(C)CC)cc1OCCCCCCCCCCCC. The second-order valence-corrected chi connectivity index (χ2v) is 11.8. The van der Waals surface area contributed by atoms with Crippen molar-refractivity contribution >= 4 is 12.0 Å². The summed E-state index contributed by atoms with van der Waals surface area (Å²) in [6, 6.07) is 5.94. The Morgan fingerprint density at radius 2 is 1.07 bits per heavy atom. The first-order valence-corrected chi connectivity index (χ1v) is 17.4. The largest absolute Gasteiger partial charge is 0.490 e. The minimum atomic E-state index is -0.312. The van der Waals surface area contributed by atoms with Crippen molar-refractivity contribution in [3.05, 3.63) is 29.8 Å². The van der Waals surface area contributed by atoms with E-state index in [1.807, 2.05) is 32.0 Å². The molecule has 1 atom stereocenters. The molecule has 0 aliphatic heterocycles. The predicted octanol–water partition coefficient (Wildman–Crippen LogP) is 11.6. The van der Waals surface area contributed by atoms with Gasteiger partial charge in [-0.2, -0.15) is 0 Å². The fourth-order valence-corrected chi connectivity index (χ4v) is 4.89. The Kier molecular flexibility index (Phi) is 24.3. The van der Waals surface area contributed by atoms with Gasteiger partial charge in [0.25, 0.3) is 0 Å². The summed E-state index contributed by atoms with van der Waals surface area (Å²) >= 11 is 0. The van der Waals surface area contributed by atoms with Gasteiger partial charge in [-0.15, -0.1) is 0 Å². The maximum Gasteiger partial charge on any atom is 0.331 e. The van der Waals surface area contributed by atoms with Crippen LogP contribution in [-0.4, -0.2) is 25.3 Å². The fourth-order valence-electron chi connectivity index (χ4n) is 4.89. The molecule has 0 aromatic heterocycles. The van der Waals surface area contributed by atoms with E-state index in [1.54, 1.807) is 6.08 Å². The zero-order valence-corrected chi connectivity index (χ0v) is 27.4. The molecule has 4 heteroatoms. The normalized spacial score (nSPS) is 12.1. The van der Waals surface area contributed by atoms with Crippen molar-refractivity contribution in [2.45, 2.75) is 169 Å². The van der Waals surface area contributed by atoms with Crippen molar-refractivity contribution in [1.82, 2.24) is 0 Å². The molecule has 4 nitrogen and oxygen atoms in total. The third kappa shape index (κ3) is 21.4. The van der Waals surface area contributed by atoms with Gasteiger partial charge in [-0.05, 0) is 50.0 Å². The number of rotatable bonds is 28. The molecular formula is C37H64O4. The van der Waals surface area contributed by atoms with E-state index in [-0.39, 0.29) is 12.1 Å². The number of hydrogen-bond acceptors (Lipinski definition) is 4. The lowest BCUT2D eigenvalue weighted by atomic mass is 10.1. The van der Waals surface area contributed by atoms with E-state index in [1.165, 1.54) is 122 Å². The zero-order valence-electron chi connectivity index (χ0n) is 27.4. The van der Waals surface area contributed by atoms with Crippen LogP contribution in [0.25, 0.3) is 6.08 Å². The van der Waals surface area contributed by atoms with Crippen LogP contribution in [0.15, 0.2) is 24.3 Å². The van der Waals surface area contributed by atoms with Crippen LogP contribution < -0.4 is 9.47 Å². The highest BCUT2D eigenvalue weighted by Crippen LogP contribution is 2.30.